The van der Waals surface area contributed by atoms with E-state index in [1.807, 2.05) is 6.07 Å². The zero-order chi connectivity index (χ0) is 14.3. The Labute approximate surface area is 129 Å². The van der Waals surface area contributed by atoms with Gasteiger partial charge in [0.1, 0.15) is 5.75 Å². The summed E-state index contributed by atoms with van der Waals surface area (Å²) >= 11 is 9.46. The highest BCUT2D eigenvalue weighted by Crippen LogP contribution is 2.46. The highest BCUT2D eigenvalue weighted by Gasteiger charge is 2.49. The van der Waals surface area contributed by atoms with E-state index in [1.165, 1.54) is 0 Å². The maximum absolute atomic E-state index is 11.8. The first-order valence-corrected chi connectivity index (χ1v) is 7.16. The monoisotopic (exact) mass is 352 g/mol. The van der Waals surface area contributed by atoms with Gasteiger partial charge in [-0.15, -0.1) is 0 Å². The zero-order valence-corrected chi connectivity index (χ0v) is 12.6. The van der Waals surface area contributed by atoms with Crippen LogP contribution in [0.15, 0.2) is 46.9 Å². The lowest BCUT2D eigenvalue weighted by Gasteiger charge is -2.24. The van der Waals surface area contributed by atoms with Crippen LogP contribution in [0, 0.1) is 0 Å². The number of hydrogen-bond acceptors (Lipinski definition) is 2. The molecule has 3 nitrogen and oxygen atoms in total. The molecule has 0 amide bonds. The molecule has 20 heavy (non-hydrogen) atoms. The number of ether oxygens (including phenoxy) is 1. The van der Waals surface area contributed by atoms with Crippen molar-refractivity contribution >= 4 is 33.5 Å². The van der Waals surface area contributed by atoms with Gasteiger partial charge in [-0.25, -0.2) is 4.79 Å². The van der Waals surface area contributed by atoms with Crippen LogP contribution in [0.25, 0.3) is 0 Å². The van der Waals surface area contributed by atoms with Gasteiger partial charge < -0.3 is 9.84 Å². The number of rotatable bonds is 2. The fourth-order valence-corrected chi connectivity index (χ4v) is 3.06. The van der Waals surface area contributed by atoms with Crippen LogP contribution >= 0.6 is 27.5 Å². The van der Waals surface area contributed by atoms with Gasteiger partial charge >= 0.3 is 5.97 Å². The molecule has 102 valence electrons. The molecule has 3 rings (SSSR count). The Morgan fingerprint density at radius 1 is 1.25 bits per heavy atom. The number of hydrogen-bond donors (Lipinski definition) is 1. The van der Waals surface area contributed by atoms with Crippen molar-refractivity contribution in [3.05, 3.63) is 63.1 Å². The number of benzene rings is 2. The second kappa shape index (κ2) is 4.79. The van der Waals surface area contributed by atoms with Crippen LogP contribution in [0.1, 0.15) is 11.1 Å². The van der Waals surface area contributed by atoms with Crippen molar-refractivity contribution < 1.29 is 14.6 Å². The maximum Gasteiger partial charge on any atom is 0.353 e. The number of carboxylic acids is 1. The third-order valence-electron chi connectivity index (χ3n) is 3.45. The van der Waals surface area contributed by atoms with Gasteiger partial charge in [0.25, 0.3) is 0 Å². The minimum absolute atomic E-state index is 0.239. The number of carboxylic acid groups (broad SMARTS) is 1. The van der Waals surface area contributed by atoms with Gasteiger partial charge in [-0.2, -0.15) is 0 Å². The summed E-state index contributed by atoms with van der Waals surface area (Å²) in [4.78, 5) is 11.8. The van der Waals surface area contributed by atoms with Gasteiger partial charge in [-0.05, 0) is 28.1 Å². The predicted octanol–water partition coefficient (Wildman–Crippen LogP) is 4.02. The fourth-order valence-electron chi connectivity index (χ4n) is 2.42. The molecular weight excluding hydrogens is 344 g/mol. The van der Waals surface area contributed by atoms with E-state index in [9.17, 15) is 9.90 Å². The molecule has 0 aliphatic carbocycles. The van der Waals surface area contributed by atoms with E-state index in [2.05, 4.69) is 15.9 Å². The van der Waals surface area contributed by atoms with Crippen molar-refractivity contribution in [1.82, 2.24) is 0 Å². The zero-order valence-electron chi connectivity index (χ0n) is 10.3. The third-order valence-corrected chi connectivity index (χ3v) is 4.90. The van der Waals surface area contributed by atoms with Crippen molar-refractivity contribution in [3.8, 4) is 5.75 Å². The molecule has 0 spiro atoms. The molecule has 0 fully saturated rings. The first-order chi connectivity index (χ1) is 9.54. The molecule has 0 saturated heterocycles. The van der Waals surface area contributed by atoms with Crippen molar-refractivity contribution in [1.29, 1.82) is 0 Å². The molecule has 0 radical (unpaired) electrons. The summed E-state index contributed by atoms with van der Waals surface area (Å²) in [6.07, 6.45) is 0.239. The van der Waals surface area contributed by atoms with Crippen molar-refractivity contribution in [2.75, 3.05) is 0 Å². The highest BCUT2D eigenvalue weighted by atomic mass is 79.9. The molecule has 0 unspecified atom stereocenters. The molecule has 5 heteroatoms. The van der Waals surface area contributed by atoms with E-state index < -0.39 is 11.6 Å². The Kier molecular flexibility index (Phi) is 3.22. The summed E-state index contributed by atoms with van der Waals surface area (Å²) in [5.41, 5.74) is 0.00652. The molecule has 2 aromatic rings. The highest BCUT2D eigenvalue weighted by molar-refractivity contribution is 9.10. The number of aliphatic carboxylic acids is 1. The average molecular weight is 354 g/mol. The lowest BCUT2D eigenvalue weighted by Crippen LogP contribution is -2.40. The maximum atomic E-state index is 11.8. The normalized spacial score (nSPS) is 20.3. The van der Waals surface area contributed by atoms with Gasteiger partial charge in [0.15, 0.2) is 0 Å². The SMILES string of the molecule is O=C(O)[C@]1(c2ccccc2)Cc2c(ccc(Cl)c2Br)O1. The molecule has 2 aromatic carbocycles. The summed E-state index contributed by atoms with van der Waals surface area (Å²) < 4.78 is 6.48. The topological polar surface area (TPSA) is 46.5 Å². The first-order valence-electron chi connectivity index (χ1n) is 5.99. The minimum Gasteiger partial charge on any atom is -0.478 e. The molecule has 1 aliphatic rings. The summed E-state index contributed by atoms with van der Waals surface area (Å²) in [5, 5.41) is 10.2. The molecule has 1 aliphatic heterocycles. The molecule has 1 N–H and O–H groups in total. The van der Waals surface area contributed by atoms with Crippen LogP contribution in [0.5, 0.6) is 5.75 Å². The van der Waals surface area contributed by atoms with Crippen LogP contribution in [-0.2, 0) is 16.8 Å². The smallest absolute Gasteiger partial charge is 0.353 e. The quantitative estimate of drug-likeness (QED) is 0.887. The molecule has 0 aromatic heterocycles. The second-order valence-corrected chi connectivity index (χ2v) is 5.82. The van der Waals surface area contributed by atoms with Gasteiger partial charge in [-0.3, -0.25) is 0 Å². The number of carbonyl (C=O) groups is 1. The van der Waals surface area contributed by atoms with Crippen LogP contribution < -0.4 is 4.74 Å². The Morgan fingerprint density at radius 2 is 1.95 bits per heavy atom. The van der Waals surface area contributed by atoms with E-state index in [0.29, 0.717) is 20.8 Å². The van der Waals surface area contributed by atoms with Gasteiger partial charge in [0.05, 0.1) is 5.02 Å². The largest absolute Gasteiger partial charge is 0.478 e. The molecular formula is C15H10BrClO3. The fraction of sp³-hybridized carbons (Fsp3) is 0.133. The van der Waals surface area contributed by atoms with Crippen LogP contribution in [0.2, 0.25) is 5.02 Å². The van der Waals surface area contributed by atoms with E-state index in [0.717, 1.165) is 5.56 Å². The van der Waals surface area contributed by atoms with Gasteiger partial charge in [-0.1, -0.05) is 41.9 Å². The lowest BCUT2D eigenvalue weighted by molar-refractivity contribution is -0.154. The third kappa shape index (κ3) is 1.91. The Hall–Kier alpha value is -1.52. The standard InChI is InChI=1S/C15H10BrClO3/c16-13-10-8-15(14(18)19,9-4-2-1-3-5-9)20-12(10)7-6-11(13)17/h1-7H,8H2,(H,18,19)/t15-/m1/s1. The lowest BCUT2D eigenvalue weighted by atomic mass is 9.89. The second-order valence-electron chi connectivity index (χ2n) is 4.62. The van der Waals surface area contributed by atoms with Crippen LogP contribution in [0.3, 0.4) is 0 Å². The van der Waals surface area contributed by atoms with Crippen molar-refractivity contribution in [3.63, 3.8) is 0 Å². The number of fused-ring (bicyclic) bond motifs is 1. The molecule has 1 atom stereocenters. The first kappa shape index (κ1) is 13.5. The van der Waals surface area contributed by atoms with Crippen molar-refractivity contribution in [2.24, 2.45) is 0 Å². The summed E-state index contributed by atoms with van der Waals surface area (Å²) in [5.74, 6) is -0.463. The summed E-state index contributed by atoms with van der Waals surface area (Å²) in [7, 11) is 0. The van der Waals surface area contributed by atoms with Crippen molar-refractivity contribution in [2.45, 2.75) is 12.0 Å². The van der Waals surface area contributed by atoms with Crippen LogP contribution in [-0.4, -0.2) is 11.1 Å². The van der Waals surface area contributed by atoms with E-state index in [4.69, 9.17) is 16.3 Å². The van der Waals surface area contributed by atoms with E-state index in [-0.39, 0.29) is 6.42 Å². The molecule has 1 heterocycles. The van der Waals surface area contributed by atoms with Gasteiger partial charge in [0.2, 0.25) is 5.60 Å². The number of halogens is 2. The summed E-state index contributed by atoms with van der Waals surface area (Å²) in [6.45, 7) is 0. The molecule has 0 bridgehead atoms. The molecule has 0 saturated carbocycles. The Morgan fingerprint density at radius 3 is 2.60 bits per heavy atom. The average Bonchev–Trinajstić information content (AvgIpc) is 2.86. The predicted molar refractivity (Wildman–Crippen MR) is 79.2 cm³/mol. The van der Waals surface area contributed by atoms with Crippen LogP contribution in [0.4, 0.5) is 0 Å². The van der Waals surface area contributed by atoms with E-state index in [1.54, 1.807) is 36.4 Å². The van der Waals surface area contributed by atoms with Gasteiger partial charge in [0, 0.05) is 22.0 Å². The summed E-state index contributed by atoms with van der Waals surface area (Å²) in [6, 6.07) is 12.4. The Bertz CT molecular complexity index is 687. The minimum atomic E-state index is -1.39. The Balaban J connectivity index is 2.14. The van der Waals surface area contributed by atoms with E-state index >= 15 is 0 Å².